The molecule has 0 aliphatic rings. The van der Waals surface area contributed by atoms with Crippen LogP contribution in [0, 0.1) is 12.7 Å². The molecule has 1 aromatic heterocycles. The van der Waals surface area contributed by atoms with E-state index in [2.05, 4.69) is 10.3 Å². The van der Waals surface area contributed by atoms with E-state index in [4.69, 9.17) is 0 Å². The Morgan fingerprint density at radius 1 is 1.09 bits per heavy atom. The molecule has 1 atom stereocenters. The van der Waals surface area contributed by atoms with Crippen LogP contribution in [0.1, 0.15) is 45.7 Å². The van der Waals surface area contributed by atoms with Crippen molar-refractivity contribution >= 4 is 45.0 Å². The van der Waals surface area contributed by atoms with Gasteiger partial charge in [-0.2, -0.15) is 4.99 Å². The second kappa shape index (κ2) is 10.0. The molecule has 0 aliphatic carbocycles. The van der Waals surface area contributed by atoms with Crippen molar-refractivity contribution in [3.63, 3.8) is 0 Å². The molecule has 178 valence electrons. The topological polar surface area (TPSA) is 101 Å². The van der Waals surface area contributed by atoms with E-state index >= 15 is 0 Å². The monoisotopic (exact) mass is 491 g/mol. The minimum absolute atomic E-state index is 0.0925. The zero-order valence-corrected chi connectivity index (χ0v) is 19.8. The summed E-state index contributed by atoms with van der Waals surface area (Å²) in [5.41, 5.74) is 2.26. The van der Waals surface area contributed by atoms with Gasteiger partial charge in [0.15, 0.2) is 4.80 Å². The van der Waals surface area contributed by atoms with Crippen LogP contribution in [0.25, 0.3) is 10.2 Å². The molecule has 0 spiro atoms. The molecule has 0 saturated carbocycles. The molecule has 4 rings (SSSR count). The van der Waals surface area contributed by atoms with E-state index in [1.807, 2.05) is 6.92 Å². The van der Waals surface area contributed by atoms with E-state index in [9.17, 15) is 23.9 Å². The smallest absolute Gasteiger partial charge is 0.326 e. The number of hydrogen-bond donors (Lipinski definition) is 2. The highest BCUT2D eigenvalue weighted by atomic mass is 32.1. The SMILES string of the molecule is CCC(C(=O)O)n1/c(=N/C(=O)c2ccc(C)cc2)sc2cc(NC(=O)c3ccccc3F)ccc21. The minimum Gasteiger partial charge on any atom is -0.480 e. The Morgan fingerprint density at radius 3 is 2.46 bits per heavy atom. The Labute approximate surface area is 204 Å². The number of aliphatic carboxylic acids is 1. The first kappa shape index (κ1) is 24.0. The van der Waals surface area contributed by atoms with Crippen molar-refractivity contribution < 1.29 is 23.9 Å². The summed E-state index contributed by atoms with van der Waals surface area (Å²) in [5, 5.41) is 12.5. The van der Waals surface area contributed by atoms with Crippen LogP contribution >= 0.6 is 11.3 Å². The van der Waals surface area contributed by atoms with Crippen LogP contribution in [0.15, 0.2) is 71.7 Å². The number of hydrogen-bond acceptors (Lipinski definition) is 4. The van der Waals surface area contributed by atoms with E-state index in [0.717, 1.165) is 16.9 Å². The predicted octanol–water partition coefficient (Wildman–Crippen LogP) is 5.18. The summed E-state index contributed by atoms with van der Waals surface area (Å²) < 4.78 is 16.1. The van der Waals surface area contributed by atoms with Gasteiger partial charge in [0, 0.05) is 11.3 Å². The van der Waals surface area contributed by atoms with Gasteiger partial charge in [-0.3, -0.25) is 9.59 Å². The molecule has 0 bridgehead atoms. The van der Waals surface area contributed by atoms with E-state index in [-0.39, 0.29) is 16.8 Å². The number of halogens is 1. The number of carboxylic acid groups (broad SMARTS) is 1. The molecule has 2 amide bonds. The van der Waals surface area contributed by atoms with Gasteiger partial charge >= 0.3 is 5.97 Å². The number of aromatic nitrogens is 1. The molecule has 0 radical (unpaired) electrons. The normalized spacial score (nSPS) is 12.5. The van der Waals surface area contributed by atoms with Crippen LogP contribution in [0.3, 0.4) is 0 Å². The lowest BCUT2D eigenvalue weighted by molar-refractivity contribution is -0.140. The van der Waals surface area contributed by atoms with Gasteiger partial charge in [0.25, 0.3) is 11.8 Å². The van der Waals surface area contributed by atoms with Crippen molar-refractivity contribution in [2.75, 3.05) is 5.32 Å². The molecule has 1 heterocycles. The summed E-state index contributed by atoms with van der Waals surface area (Å²) in [6.07, 6.45) is 0.277. The van der Waals surface area contributed by atoms with Gasteiger partial charge in [-0.25, -0.2) is 9.18 Å². The molecule has 35 heavy (non-hydrogen) atoms. The number of anilines is 1. The van der Waals surface area contributed by atoms with Crippen molar-refractivity contribution in [2.45, 2.75) is 26.3 Å². The van der Waals surface area contributed by atoms with E-state index in [1.165, 1.54) is 22.8 Å². The Morgan fingerprint density at radius 2 is 1.80 bits per heavy atom. The standard InChI is InChI=1S/C26H22FN3O4S/c1-3-20(25(33)34)30-21-13-12-17(28-24(32)18-6-4-5-7-19(18)27)14-22(21)35-26(30)29-23(31)16-10-8-15(2)9-11-16/h4-14,20H,3H2,1-2H3,(H,28,32)(H,33,34)/b29-26-. The third-order valence-electron chi connectivity index (χ3n) is 5.48. The largest absolute Gasteiger partial charge is 0.480 e. The van der Waals surface area contributed by atoms with E-state index < -0.39 is 29.6 Å². The van der Waals surface area contributed by atoms with Gasteiger partial charge in [-0.1, -0.05) is 48.1 Å². The number of rotatable bonds is 6. The molecule has 0 saturated heterocycles. The summed E-state index contributed by atoms with van der Waals surface area (Å²) in [6, 6.07) is 16.6. The summed E-state index contributed by atoms with van der Waals surface area (Å²) in [6.45, 7) is 3.65. The summed E-state index contributed by atoms with van der Waals surface area (Å²) in [7, 11) is 0. The number of aryl methyl sites for hydroxylation is 1. The highest BCUT2D eigenvalue weighted by Gasteiger charge is 2.22. The molecule has 7 nitrogen and oxygen atoms in total. The third kappa shape index (κ3) is 5.04. The van der Waals surface area contributed by atoms with Crippen LogP contribution in [0.2, 0.25) is 0 Å². The lowest BCUT2D eigenvalue weighted by Crippen LogP contribution is -2.27. The van der Waals surface area contributed by atoms with Crippen molar-refractivity contribution in [1.82, 2.24) is 4.57 Å². The first-order chi connectivity index (χ1) is 16.8. The molecular formula is C26H22FN3O4S. The number of nitrogens with one attached hydrogen (secondary N) is 1. The van der Waals surface area contributed by atoms with Crippen LogP contribution in [-0.2, 0) is 4.79 Å². The van der Waals surface area contributed by atoms with Gasteiger partial charge in [0.2, 0.25) is 0 Å². The lowest BCUT2D eigenvalue weighted by Gasteiger charge is -2.13. The van der Waals surface area contributed by atoms with E-state index in [0.29, 0.717) is 21.5 Å². The van der Waals surface area contributed by atoms with Gasteiger partial charge in [0.05, 0.1) is 15.8 Å². The second-order valence-corrected chi connectivity index (χ2v) is 8.93. The predicted molar refractivity (Wildman–Crippen MR) is 132 cm³/mol. The number of carbonyl (C=O) groups excluding carboxylic acids is 2. The number of nitrogens with zero attached hydrogens (tertiary/aromatic N) is 2. The number of fused-ring (bicyclic) bond motifs is 1. The van der Waals surface area contributed by atoms with Crippen molar-refractivity contribution in [3.05, 3.63) is 94.0 Å². The van der Waals surface area contributed by atoms with Crippen LogP contribution < -0.4 is 10.1 Å². The van der Waals surface area contributed by atoms with Gasteiger partial charge < -0.3 is 15.0 Å². The molecule has 9 heteroatoms. The fraction of sp³-hybridized carbons (Fsp3) is 0.154. The Hall–Kier alpha value is -4.11. The first-order valence-corrected chi connectivity index (χ1v) is 11.7. The molecule has 2 N–H and O–H groups in total. The van der Waals surface area contributed by atoms with Crippen LogP contribution in [0.5, 0.6) is 0 Å². The lowest BCUT2D eigenvalue weighted by atomic mass is 10.1. The third-order valence-corrected chi connectivity index (χ3v) is 6.50. The Kier molecular flexibility index (Phi) is 6.88. The second-order valence-electron chi connectivity index (χ2n) is 7.92. The zero-order chi connectivity index (χ0) is 25.1. The maximum Gasteiger partial charge on any atom is 0.326 e. The highest BCUT2D eigenvalue weighted by Crippen LogP contribution is 2.26. The first-order valence-electron chi connectivity index (χ1n) is 10.9. The number of carboxylic acids is 1. The highest BCUT2D eigenvalue weighted by molar-refractivity contribution is 7.16. The molecule has 1 unspecified atom stereocenters. The minimum atomic E-state index is -1.05. The Bertz CT molecular complexity index is 1510. The van der Waals surface area contributed by atoms with Gasteiger partial charge in [-0.15, -0.1) is 0 Å². The van der Waals surface area contributed by atoms with Crippen LogP contribution in [-0.4, -0.2) is 27.5 Å². The quantitative estimate of drug-likeness (QED) is 0.388. The van der Waals surface area contributed by atoms with E-state index in [1.54, 1.807) is 55.5 Å². The number of benzene rings is 3. The molecule has 0 aliphatic heterocycles. The molecule has 0 fully saturated rings. The number of thiazole rings is 1. The van der Waals surface area contributed by atoms with Crippen LogP contribution in [0.4, 0.5) is 10.1 Å². The number of carbonyl (C=O) groups is 3. The molecule has 4 aromatic rings. The summed E-state index contributed by atoms with van der Waals surface area (Å²) in [5.74, 6) is -2.78. The average Bonchev–Trinajstić information content (AvgIpc) is 3.16. The Balaban J connectivity index is 1.79. The number of amides is 2. The van der Waals surface area contributed by atoms with Crippen molar-refractivity contribution in [1.29, 1.82) is 0 Å². The summed E-state index contributed by atoms with van der Waals surface area (Å²) >= 11 is 1.14. The molecule has 3 aromatic carbocycles. The maximum absolute atomic E-state index is 14.0. The fourth-order valence-electron chi connectivity index (χ4n) is 3.66. The van der Waals surface area contributed by atoms with Crippen molar-refractivity contribution in [3.8, 4) is 0 Å². The van der Waals surface area contributed by atoms with Crippen molar-refractivity contribution in [2.24, 2.45) is 4.99 Å². The summed E-state index contributed by atoms with van der Waals surface area (Å²) in [4.78, 5) is 41.8. The fourth-order valence-corrected chi connectivity index (χ4v) is 4.77. The van der Waals surface area contributed by atoms with Gasteiger partial charge in [0.1, 0.15) is 11.9 Å². The average molecular weight is 492 g/mol. The zero-order valence-electron chi connectivity index (χ0n) is 19.0. The molecular weight excluding hydrogens is 469 g/mol. The maximum atomic E-state index is 14.0. The van der Waals surface area contributed by atoms with Gasteiger partial charge in [-0.05, 0) is 55.8 Å².